The number of pyridine rings is 1. The highest BCUT2D eigenvalue weighted by molar-refractivity contribution is 7.61. The van der Waals surface area contributed by atoms with Crippen molar-refractivity contribution in [3.8, 4) is 0 Å². The number of likely N-dealkylation sites (tertiary alicyclic amines) is 1. The predicted molar refractivity (Wildman–Crippen MR) is 120 cm³/mol. The highest BCUT2D eigenvalue weighted by Gasteiger charge is 2.30. The fraction of sp³-hybridized carbons (Fsp3) is 0.364. The number of carboxylic acid groups (broad SMARTS) is 1. The molecule has 0 aliphatic carbocycles. The number of nitrogens with zero attached hydrogens (tertiary/aromatic N) is 3. The van der Waals surface area contributed by atoms with Crippen LogP contribution in [0.15, 0.2) is 71.4 Å². The first-order chi connectivity index (χ1) is 14.9. The molecule has 9 heteroatoms. The Morgan fingerprint density at radius 2 is 2.03 bits per heavy atom. The van der Waals surface area contributed by atoms with Gasteiger partial charge in [-0.1, -0.05) is 48.0 Å². The predicted octanol–water partition coefficient (Wildman–Crippen LogP) is 4.24. The third kappa shape index (κ3) is 10.3. The van der Waals surface area contributed by atoms with E-state index in [2.05, 4.69) is 14.2 Å². The van der Waals surface area contributed by atoms with Crippen molar-refractivity contribution in [3.63, 3.8) is 0 Å². The molecule has 0 amide bonds. The molecule has 7 nitrogen and oxygen atoms in total. The van der Waals surface area contributed by atoms with Gasteiger partial charge in [0.05, 0.1) is 6.04 Å². The lowest BCUT2D eigenvalue weighted by Crippen LogP contribution is -2.27. The summed E-state index contributed by atoms with van der Waals surface area (Å²) in [5.41, 5.74) is 1.06. The van der Waals surface area contributed by atoms with Crippen LogP contribution in [0.2, 0.25) is 5.02 Å². The minimum absolute atomic E-state index is 0.0901. The van der Waals surface area contributed by atoms with E-state index in [-0.39, 0.29) is 18.5 Å². The average Bonchev–Trinajstić information content (AvgIpc) is 3.09. The van der Waals surface area contributed by atoms with E-state index >= 15 is 0 Å². The van der Waals surface area contributed by atoms with E-state index in [4.69, 9.17) is 16.7 Å². The second-order valence-corrected chi connectivity index (χ2v) is 8.16. The molecule has 1 saturated heterocycles. The van der Waals surface area contributed by atoms with E-state index in [1.165, 1.54) is 0 Å². The largest absolute Gasteiger partial charge is 0.481 e. The Bertz CT molecular complexity index is 961. The van der Waals surface area contributed by atoms with Crippen molar-refractivity contribution in [2.24, 2.45) is 4.36 Å². The lowest BCUT2D eigenvalue weighted by Gasteiger charge is -2.21. The summed E-state index contributed by atoms with van der Waals surface area (Å²) in [4.78, 5) is 16.8. The molecule has 0 spiro atoms. The monoisotopic (exact) mass is 463 g/mol. The summed E-state index contributed by atoms with van der Waals surface area (Å²) < 4.78 is 25.4. The maximum atomic E-state index is 10.8. The maximum absolute atomic E-state index is 10.8. The number of hydrogen-bond acceptors (Lipinski definition) is 6. The van der Waals surface area contributed by atoms with Crippen LogP contribution < -0.4 is 0 Å². The van der Waals surface area contributed by atoms with Gasteiger partial charge >= 0.3 is 16.5 Å². The van der Waals surface area contributed by atoms with Crippen LogP contribution in [-0.2, 0) is 21.8 Å². The highest BCUT2D eigenvalue weighted by Crippen LogP contribution is 2.24. The van der Waals surface area contributed by atoms with Gasteiger partial charge in [-0.15, -0.1) is 0 Å². The van der Waals surface area contributed by atoms with Crippen LogP contribution in [-0.4, -0.2) is 48.0 Å². The number of rotatable bonds is 8. The molecule has 3 rings (SSSR count). The van der Waals surface area contributed by atoms with Gasteiger partial charge in [0, 0.05) is 43.0 Å². The van der Waals surface area contributed by atoms with E-state index < -0.39 is 16.5 Å². The number of halogens is 1. The molecule has 0 radical (unpaired) electrons. The van der Waals surface area contributed by atoms with Gasteiger partial charge in [0.25, 0.3) is 0 Å². The summed E-state index contributed by atoms with van der Waals surface area (Å²) in [6, 6.07) is 13.1. The Morgan fingerprint density at radius 1 is 1.26 bits per heavy atom. The Hall–Kier alpha value is -2.55. The van der Waals surface area contributed by atoms with Crippen molar-refractivity contribution in [2.45, 2.75) is 44.3 Å². The molecule has 1 aromatic heterocycles. The Kier molecular flexibility index (Phi) is 10.9. The minimum Gasteiger partial charge on any atom is -0.481 e. The molecule has 0 unspecified atom stereocenters. The SMILES string of the molecule is Clc1ccccc1.O=C(O)CCCC=C[C@@H]1C[C@@H](N=S(=O)=O)CN1Cc1cccnc1. The van der Waals surface area contributed by atoms with Crippen LogP contribution in [0.1, 0.15) is 31.2 Å². The number of allylic oxidation sites excluding steroid dienone is 1. The molecule has 2 atom stereocenters. The first-order valence-corrected chi connectivity index (χ1v) is 11.4. The van der Waals surface area contributed by atoms with Crippen molar-refractivity contribution in [1.29, 1.82) is 0 Å². The lowest BCUT2D eigenvalue weighted by molar-refractivity contribution is -0.137. The molecular weight excluding hydrogens is 438 g/mol. The van der Waals surface area contributed by atoms with Gasteiger partial charge in [-0.05, 0) is 43.0 Å². The molecule has 31 heavy (non-hydrogen) atoms. The van der Waals surface area contributed by atoms with Crippen LogP contribution in [0.5, 0.6) is 0 Å². The van der Waals surface area contributed by atoms with E-state index in [0.717, 1.165) is 10.6 Å². The molecule has 1 aliphatic rings. The number of benzene rings is 1. The van der Waals surface area contributed by atoms with E-state index in [1.807, 2.05) is 54.6 Å². The van der Waals surface area contributed by atoms with Gasteiger partial charge in [0.1, 0.15) is 0 Å². The normalized spacial score (nSPS) is 18.4. The van der Waals surface area contributed by atoms with Crippen LogP contribution in [0, 0.1) is 0 Å². The summed E-state index contributed by atoms with van der Waals surface area (Å²) in [6.45, 7) is 1.25. The fourth-order valence-electron chi connectivity index (χ4n) is 3.25. The molecule has 1 aromatic carbocycles. The molecular formula is C22H26ClN3O4S. The first kappa shape index (κ1) is 24.7. The lowest BCUT2D eigenvalue weighted by atomic mass is 10.1. The molecule has 1 N–H and O–H groups in total. The molecule has 166 valence electrons. The quantitative estimate of drug-likeness (QED) is 0.464. The number of carbonyl (C=O) groups is 1. The van der Waals surface area contributed by atoms with Crippen molar-refractivity contribution in [1.82, 2.24) is 9.88 Å². The summed E-state index contributed by atoms with van der Waals surface area (Å²) in [5, 5.41) is 9.43. The summed E-state index contributed by atoms with van der Waals surface area (Å²) >= 11 is 5.54. The summed E-state index contributed by atoms with van der Waals surface area (Å²) in [5.74, 6) is -0.792. The van der Waals surface area contributed by atoms with Gasteiger partial charge in [0.2, 0.25) is 0 Å². The Morgan fingerprint density at radius 3 is 2.61 bits per heavy atom. The molecule has 2 aromatic rings. The molecule has 0 bridgehead atoms. The van der Waals surface area contributed by atoms with Gasteiger partial charge in [0.15, 0.2) is 0 Å². The molecule has 0 saturated carbocycles. The zero-order valence-corrected chi connectivity index (χ0v) is 18.6. The standard InChI is InChI=1S/C16H21N3O4S.C6H5Cl/c20-16(21)7-3-1-2-6-15-9-14(18-24(22)23)12-19(15)11-13-5-4-8-17-10-13;7-6-4-2-1-3-5-6/h2,4-6,8,10,14-15H,1,3,7,9,11-12H2,(H,20,21);1-5H/t14-,15-;/m1./s1. The summed E-state index contributed by atoms with van der Waals surface area (Å²) in [7, 11) is -2.40. The smallest absolute Gasteiger partial charge is 0.311 e. The van der Waals surface area contributed by atoms with Crippen LogP contribution in [0.4, 0.5) is 0 Å². The van der Waals surface area contributed by atoms with Crippen molar-refractivity contribution in [3.05, 3.63) is 77.6 Å². The fourth-order valence-corrected chi connectivity index (χ4v) is 3.80. The number of unbranched alkanes of at least 4 members (excludes halogenated alkanes) is 1. The van der Waals surface area contributed by atoms with Gasteiger partial charge in [-0.2, -0.15) is 12.8 Å². The number of aliphatic carboxylic acids is 1. The van der Waals surface area contributed by atoms with Crippen LogP contribution >= 0.6 is 11.6 Å². The van der Waals surface area contributed by atoms with Gasteiger partial charge in [-0.25, -0.2) is 0 Å². The maximum Gasteiger partial charge on any atom is 0.311 e. The van der Waals surface area contributed by atoms with Crippen LogP contribution in [0.3, 0.4) is 0 Å². The zero-order valence-electron chi connectivity index (χ0n) is 17.0. The van der Waals surface area contributed by atoms with Crippen molar-refractivity contribution < 1.29 is 18.3 Å². The summed E-state index contributed by atoms with van der Waals surface area (Å²) in [6.07, 6.45) is 9.60. The molecule has 1 aliphatic heterocycles. The number of carboxylic acids is 1. The third-order valence-corrected chi connectivity index (χ3v) is 5.35. The number of hydrogen-bond donors (Lipinski definition) is 1. The second kappa shape index (κ2) is 13.7. The van der Waals surface area contributed by atoms with Crippen molar-refractivity contribution >= 4 is 28.1 Å². The third-order valence-electron chi connectivity index (χ3n) is 4.62. The van der Waals surface area contributed by atoms with Gasteiger partial charge in [-0.3, -0.25) is 14.7 Å². The number of aromatic nitrogens is 1. The van der Waals surface area contributed by atoms with E-state index in [1.54, 1.807) is 12.4 Å². The molecule has 2 heterocycles. The zero-order chi connectivity index (χ0) is 22.5. The van der Waals surface area contributed by atoms with Crippen LogP contribution in [0.25, 0.3) is 0 Å². The molecule has 1 fully saturated rings. The highest BCUT2D eigenvalue weighted by atomic mass is 35.5. The first-order valence-electron chi connectivity index (χ1n) is 9.96. The average molecular weight is 464 g/mol. The van der Waals surface area contributed by atoms with Gasteiger partial charge < -0.3 is 5.11 Å². The Labute approximate surface area is 189 Å². The Balaban J connectivity index is 0.000000412. The minimum atomic E-state index is -2.40. The second-order valence-electron chi connectivity index (χ2n) is 7.08. The van der Waals surface area contributed by atoms with E-state index in [9.17, 15) is 13.2 Å². The van der Waals surface area contributed by atoms with E-state index in [0.29, 0.717) is 32.4 Å². The topological polar surface area (TPSA) is 99.9 Å². The van der Waals surface area contributed by atoms with Crippen molar-refractivity contribution in [2.75, 3.05) is 6.54 Å².